The van der Waals surface area contributed by atoms with Gasteiger partial charge in [-0.05, 0) is 36.4 Å². The molecule has 3 aromatic rings. The molecule has 0 aliphatic rings. The molecular formula is C15H11FN4O2. The Morgan fingerprint density at radius 2 is 2.00 bits per heavy atom. The van der Waals surface area contributed by atoms with Crippen molar-refractivity contribution < 1.29 is 13.6 Å². The summed E-state index contributed by atoms with van der Waals surface area (Å²) in [6.07, 6.45) is 3.25. The average Bonchev–Trinajstić information content (AvgIpc) is 3.03. The molecule has 1 N–H and O–H groups in total. The molecule has 0 aliphatic carbocycles. The molecule has 1 aromatic carbocycles. The number of hydrogen-bond acceptors (Lipinski definition) is 5. The van der Waals surface area contributed by atoms with Crippen LogP contribution >= 0.6 is 0 Å². The molecule has 0 saturated carbocycles. The van der Waals surface area contributed by atoms with Crippen molar-refractivity contribution in [3.63, 3.8) is 0 Å². The number of carbonyl (C=O) groups excluding carboxylic acids is 1. The van der Waals surface area contributed by atoms with Crippen molar-refractivity contribution in [2.45, 2.75) is 6.54 Å². The zero-order chi connectivity index (χ0) is 15.4. The largest absolute Gasteiger partial charge is 0.419 e. The third-order valence-electron chi connectivity index (χ3n) is 2.88. The van der Waals surface area contributed by atoms with Gasteiger partial charge in [-0.1, -0.05) is 0 Å². The molecule has 7 heteroatoms. The molecule has 3 rings (SSSR count). The van der Waals surface area contributed by atoms with Crippen molar-refractivity contribution >= 4 is 5.91 Å². The van der Waals surface area contributed by atoms with Crippen molar-refractivity contribution in [1.82, 2.24) is 20.5 Å². The van der Waals surface area contributed by atoms with E-state index in [9.17, 15) is 9.18 Å². The molecule has 6 nitrogen and oxygen atoms in total. The minimum atomic E-state index is -0.394. The van der Waals surface area contributed by atoms with Crippen LogP contribution in [0.1, 0.15) is 16.2 Å². The van der Waals surface area contributed by atoms with E-state index in [1.165, 1.54) is 24.3 Å². The molecule has 1 amide bonds. The Balaban J connectivity index is 1.64. The summed E-state index contributed by atoms with van der Waals surface area (Å²) in [6, 6.07) is 8.81. The standard InChI is InChI=1S/C15H11FN4O2/c16-12-5-3-10(4-6-12)14(21)18-9-13-19-20-15(22-13)11-2-1-7-17-8-11/h1-8H,9H2,(H,18,21). The van der Waals surface area contributed by atoms with Gasteiger partial charge in [-0.2, -0.15) is 0 Å². The summed E-state index contributed by atoms with van der Waals surface area (Å²) in [6.45, 7) is 0.0868. The van der Waals surface area contributed by atoms with Gasteiger partial charge in [0.15, 0.2) is 0 Å². The molecule has 22 heavy (non-hydrogen) atoms. The normalized spacial score (nSPS) is 10.4. The summed E-state index contributed by atoms with van der Waals surface area (Å²) in [7, 11) is 0. The highest BCUT2D eigenvalue weighted by Gasteiger charge is 2.10. The molecule has 0 bridgehead atoms. The van der Waals surface area contributed by atoms with Gasteiger partial charge < -0.3 is 9.73 Å². The average molecular weight is 298 g/mol. The van der Waals surface area contributed by atoms with Gasteiger partial charge in [-0.15, -0.1) is 10.2 Å². The second kappa shape index (κ2) is 6.13. The molecule has 0 spiro atoms. The first-order valence-electron chi connectivity index (χ1n) is 6.49. The van der Waals surface area contributed by atoms with Crippen LogP contribution in [0.15, 0.2) is 53.2 Å². The molecule has 110 valence electrons. The second-order valence-electron chi connectivity index (χ2n) is 4.43. The van der Waals surface area contributed by atoms with Gasteiger partial charge in [-0.3, -0.25) is 9.78 Å². The van der Waals surface area contributed by atoms with Gasteiger partial charge in [0.2, 0.25) is 11.8 Å². The van der Waals surface area contributed by atoms with E-state index in [-0.39, 0.29) is 18.3 Å². The molecule has 0 fully saturated rings. The number of halogens is 1. The fourth-order valence-electron chi connectivity index (χ4n) is 1.79. The Morgan fingerprint density at radius 3 is 2.73 bits per heavy atom. The number of hydrogen-bond donors (Lipinski definition) is 1. The minimum absolute atomic E-state index is 0.0868. The lowest BCUT2D eigenvalue weighted by molar-refractivity contribution is 0.0947. The van der Waals surface area contributed by atoms with E-state index in [0.717, 1.165) is 0 Å². The SMILES string of the molecule is O=C(NCc1nnc(-c2cccnc2)o1)c1ccc(F)cc1. The number of nitrogens with one attached hydrogen (secondary N) is 1. The van der Waals surface area contributed by atoms with Crippen molar-refractivity contribution in [2.75, 3.05) is 0 Å². The monoisotopic (exact) mass is 298 g/mol. The molecule has 2 aromatic heterocycles. The summed E-state index contributed by atoms with van der Waals surface area (Å²) in [5, 5.41) is 10.4. The first-order valence-corrected chi connectivity index (χ1v) is 6.49. The lowest BCUT2D eigenvalue weighted by Crippen LogP contribution is -2.22. The van der Waals surface area contributed by atoms with E-state index < -0.39 is 5.82 Å². The van der Waals surface area contributed by atoms with Gasteiger partial charge in [0, 0.05) is 18.0 Å². The lowest BCUT2D eigenvalue weighted by atomic mass is 10.2. The van der Waals surface area contributed by atoms with Crippen LogP contribution in [0.5, 0.6) is 0 Å². The van der Waals surface area contributed by atoms with Crippen molar-refractivity contribution in [1.29, 1.82) is 0 Å². The number of benzene rings is 1. The number of pyridine rings is 1. The maximum absolute atomic E-state index is 12.8. The quantitative estimate of drug-likeness (QED) is 0.798. The predicted octanol–water partition coefficient (Wildman–Crippen LogP) is 2.20. The maximum Gasteiger partial charge on any atom is 0.251 e. The fraction of sp³-hybridized carbons (Fsp3) is 0.0667. The molecule has 0 atom stereocenters. The van der Waals surface area contributed by atoms with E-state index in [1.807, 2.05) is 0 Å². The highest BCUT2D eigenvalue weighted by Crippen LogP contribution is 2.15. The summed E-state index contributed by atoms with van der Waals surface area (Å²) in [5.41, 5.74) is 1.06. The molecule has 2 heterocycles. The highest BCUT2D eigenvalue weighted by molar-refractivity contribution is 5.94. The first-order chi connectivity index (χ1) is 10.7. The number of rotatable bonds is 4. The van der Waals surface area contributed by atoms with Crippen molar-refractivity contribution in [2.24, 2.45) is 0 Å². The van der Waals surface area contributed by atoms with E-state index in [4.69, 9.17) is 4.42 Å². The topological polar surface area (TPSA) is 80.9 Å². The zero-order valence-electron chi connectivity index (χ0n) is 11.4. The maximum atomic E-state index is 12.8. The third kappa shape index (κ3) is 3.14. The molecule has 0 radical (unpaired) electrons. The summed E-state index contributed by atoms with van der Waals surface area (Å²) >= 11 is 0. The van der Waals surface area contributed by atoms with Crippen molar-refractivity contribution in [3.05, 3.63) is 66.1 Å². The number of aromatic nitrogens is 3. The molecule has 0 saturated heterocycles. The molecule has 0 unspecified atom stereocenters. The third-order valence-corrected chi connectivity index (χ3v) is 2.88. The second-order valence-corrected chi connectivity index (χ2v) is 4.43. The van der Waals surface area contributed by atoms with Crippen LogP contribution < -0.4 is 5.32 Å². The Hall–Kier alpha value is -3.09. The van der Waals surface area contributed by atoms with E-state index >= 15 is 0 Å². The smallest absolute Gasteiger partial charge is 0.251 e. The van der Waals surface area contributed by atoms with Crippen LogP contribution in [-0.4, -0.2) is 21.1 Å². The van der Waals surface area contributed by atoms with E-state index in [2.05, 4.69) is 20.5 Å². The summed E-state index contributed by atoms with van der Waals surface area (Å²) < 4.78 is 18.2. The Labute approximate surface area is 125 Å². The number of carbonyl (C=O) groups is 1. The van der Waals surface area contributed by atoms with Crippen LogP contribution in [0, 0.1) is 5.82 Å². The van der Waals surface area contributed by atoms with Crippen LogP contribution in [0.3, 0.4) is 0 Å². The van der Waals surface area contributed by atoms with Gasteiger partial charge in [-0.25, -0.2) is 4.39 Å². The summed E-state index contributed by atoms with van der Waals surface area (Å²) in [4.78, 5) is 15.8. The highest BCUT2D eigenvalue weighted by atomic mass is 19.1. The van der Waals surface area contributed by atoms with E-state index in [1.54, 1.807) is 24.5 Å². The Morgan fingerprint density at radius 1 is 1.18 bits per heavy atom. The van der Waals surface area contributed by atoms with E-state index in [0.29, 0.717) is 17.0 Å². The van der Waals surface area contributed by atoms with Gasteiger partial charge >= 0.3 is 0 Å². The van der Waals surface area contributed by atoms with Crippen LogP contribution in [0.25, 0.3) is 11.5 Å². The number of amides is 1. The zero-order valence-corrected chi connectivity index (χ0v) is 11.4. The Bertz CT molecular complexity index is 772. The number of nitrogens with zero attached hydrogens (tertiary/aromatic N) is 3. The fourth-order valence-corrected chi connectivity index (χ4v) is 1.79. The van der Waals surface area contributed by atoms with Crippen molar-refractivity contribution in [3.8, 4) is 11.5 Å². The predicted molar refractivity (Wildman–Crippen MR) is 75.1 cm³/mol. The van der Waals surface area contributed by atoms with Gasteiger partial charge in [0.1, 0.15) is 5.82 Å². The lowest BCUT2D eigenvalue weighted by Gasteiger charge is -2.02. The summed E-state index contributed by atoms with van der Waals surface area (Å²) in [5.74, 6) is -0.135. The first kappa shape index (κ1) is 13.9. The Kier molecular flexibility index (Phi) is 3.86. The molecule has 0 aliphatic heterocycles. The van der Waals surface area contributed by atoms with Gasteiger partial charge in [0.05, 0.1) is 12.1 Å². The molecular weight excluding hydrogens is 287 g/mol. The van der Waals surface area contributed by atoms with Crippen LogP contribution in [0.2, 0.25) is 0 Å². The van der Waals surface area contributed by atoms with Crippen LogP contribution in [-0.2, 0) is 6.54 Å². The van der Waals surface area contributed by atoms with Crippen LogP contribution in [0.4, 0.5) is 4.39 Å². The van der Waals surface area contributed by atoms with Gasteiger partial charge in [0.25, 0.3) is 5.91 Å². The minimum Gasteiger partial charge on any atom is -0.419 e.